The molecule has 23 heavy (non-hydrogen) atoms. The van der Waals surface area contributed by atoms with Crippen LogP contribution in [-0.4, -0.2) is 49.5 Å². The number of nitrogens with one attached hydrogen (secondary N) is 1. The predicted molar refractivity (Wildman–Crippen MR) is 87.0 cm³/mol. The Morgan fingerprint density at radius 3 is 2.39 bits per heavy atom. The number of phenols is 1. The third-order valence-corrected chi connectivity index (χ3v) is 3.61. The second-order valence-corrected chi connectivity index (χ2v) is 5.05. The number of hydrogen-bond acceptors (Lipinski definition) is 4. The molecule has 0 spiro atoms. The summed E-state index contributed by atoms with van der Waals surface area (Å²) in [7, 11) is 1.38. The highest BCUT2D eigenvalue weighted by molar-refractivity contribution is 5.85. The van der Waals surface area contributed by atoms with Crippen molar-refractivity contribution in [2.24, 2.45) is 0 Å². The van der Waals surface area contributed by atoms with Crippen LogP contribution in [0.15, 0.2) is 18.2 Å². The third-order valence-electron chi connectivity index (χ3n) is 3.61. The molecule has 1 aromatic carbocycles. The van der Waals surface area contributed by atoms with E-state index in [4.69, 9.17) is 4.74 Å². The average molecular weight is 377 g/mol. The van der Waals surface area contributed by atoms with Gasteiger partial charge in [-0.2, -0.15) is 13.2 Å². The summed E-state index contributed by atoms with van der Waals surface area (Å²) in [5.74, 6) is 0.113. The summed E-state index contributed by atoms with van der Waals surface area (Å²) in [6, 6.07) is 3.62. The van der Waals surface area contributed by atoms with Gasteiger partial charge in [-0.15, -0.1) is 24.8 Å². The number of phenolic OH excluding ortho intramolecular Hbond substituents is 1. The molecule has 134 valence electrons. The Hall–Kier alpha value is -0.890. The van der Waals surface area contributed by atoms with Gasteiger partial charge >= 0.3 is 6.18 Å². The van der Waals surface area contributed by atoms with Crippen LogP contribution >= 0.6 is 24.8 Å². The van der Waals surface area contributed by atoms with Gasteiger partial charge in [0.15, 0.2) is 11.5 Å². The minimum absolute atomic E-state index is 0. The Morgan fingerprint density at radius 2 is 1.87 bits per heavy atom. The van der Waals surface area contributed by atoms with Gasteiger partial charge in [-0.25, -0.2) is 0 Å². The van der Waals surface area contributed by atoms with E-state index in [0.717, 1.165) is 0 Å². The van der Waals surface area contributed by atoms with Crippen LogP contribution in [0.5, 0.6) is 11.5 Å². The van der Waals surface area contributed by atoms with E-state index < -0.39 is 18.6 Å². The number of hydrogen-bond donors (Lipinski definition) is 2. The maximum absolute atomic E-state index is 12.9. The van der Waals surface area contributed by atoms with Crippen LogP contribution in [0.3, 0.4) is 0 Å². The molecular weight excluding hydrogens is 356 g/mol. The molecule has 2 N–H and O–H groups in total. The monoisotopic (exact) mass is 376 g/mol. The second-order valence-electron chi connectivity index (χ2n) is 5.05. The molecule has 1 saturated heterocycles. The molecule has 1 aliphatic heterocycles. The molecule has 0 radical (unpaired) electrons. The van der Waals surface area contributed by atoms with Crippen LogP contribution in [0, 0.1) is 0 Å². The lowest BCUT2D eigenvalue weighted by Crippen LogP contribution is -2.46. The summed E-state index contributed by atoms with van der Waals surface area (Å²) >= 11 is 0. The molecule has 0 amide bonds. The van der Waals surface area contributed by atoms with Gasteiger partial charge in [0.05, 0.1) is 13.5 Å². The molecular formula is C14H21Cl2F3N2O2. The smallest absolute Gasteiger partial charge is 0.390 e. The number of benzene rings is 1. The Morgan fingerprint density at radius 1 is 1.26 bits per heavy atom. The molecule has 0 aromatic heterocycles. The Bertz CT molecular complexity index is 484. The maximum atomic E-state index is 12.9. The van der Waals surface area contributed by atoms with E-state index in [1.165, 1.54) is 25.3 Å². The molecule has 1 atom stereocenters. The van der Waals surface area contributed by atoms with Crippen LogP contribution in [0.1, 0.15) is 18.0 Å². The molecule has 1 aromatic rings. The van der Waals surface area contributed by atoms with Crippen LogP contribution in [0.4, 0.5) is 13.2 Å². The second kappa shape index (κ2) is 9.42. The number of rotatable bonds is 4. The first-order valence-electron chi connectivity index (χ1n) is 6.79. The van der Waals surface area contributed by atoms with Crippen molar-refractivity contribution in [2.75, 3.05) is 33.3 Å². The van der Waals surface area contributed by atoms with Crippen molar-refractivity contribution in [1.82, 2.24) is 10.2 Å². The van der Waals surface area contributed by atoms with E-state index in [0.29, 0.717) is 31.7 Å². The molecule has 1 heterocycles. The van der Waals surface area contributed by atoms with Gasteiger partial charge in [-0.1, -0.05) is 6.07 Å². The number of piperazine rings is 1. The molecule has 2 rings (SSSR count). The molecule has 1 aliphatic rings. The van der Waals surface area contributed by atoms with Crippen molar-refractivity contribution >= 4 is 24.8 Å². The first-order chi connectivity index (χ1) is 9.90. The lowest BCUT2D eigenvalue weighted by molar-refractivity contribution is -0.148. The zero-order valence-corrected chi connectivity index (χ0v) is 14.2. The Kier molecular flexibility index (Phi) is 9.05. The fourth-order valence-electron chi connectivity index (χ4n) is 2.57. The Balaban J connectivity index is 0.00000242. The van der Waals surface area contributed by atoms with E-state index in [1.54, 1.807) is 0 Å². The maximum Gasteiger partial charge on any atom is 0.390 e. The summed E-state index contributed by atoms with van der Waals surface area (Å²) in [5.41, 5.74) is 0.504. The van der Waals surface area contributed by atoms with Gasteiger partial charge in [-0.3, -0.25) is 4.90 Å². The van der Waals surface area contributed by atoms with Crippen LogP contribution in [0.25, 0.3) is 0 Å². The lowest BCUT2D eigenvalue weighted by atomic mass is 10.00. The van der Waals surface area contributed by atoms with E-state index in [9.17, 15) is 18.3 Å². The van der Waals surface area contributed by atoms with E-state index in [2.05, 4.69) is 5.32 Å². The minimum Gasteiger partial charge on any atom is -0.504 e. The summed E-state index contributed by atoms with van der Waals surface area (Å²) in [4.78, 5) is 1.82. The molecule has 4 nitrogen and oxygen atoms in total. The summed E-state index contributed by atoms with van der Waals surface area (Å²) in [6.07, 6.45) is -5.17. The summed E-state index contributed by atoms with van der Waals surface area (Å²) < 4.78 is 43.6. The van der Waals surface area contributed by atoms with Gasteiger partial charge in [0.25, 0.3) is 0 Å². The summed E-state index contributed by atoms with van der Waals surface area (Å²) in [6.45, 7) is 2.46. The standard InChI is InChI=1S/C14H19F3N2O2.2ClH/c1-21-13-8-10(2-3-12(13)20)11(9-14(15,16)17)19-6-4-18-5-7-19;;/h2-3,8,11,18,20H,4-7,9H2,1H3;2*1H/t11-;;/m1../s1. The molecule has 0 saturated carbocycles. The normalized spacial score (nSPS) is 16.9. The van der Waals surface area contributed by atoms with Crippen LogP contribution < -0.4 is 10.1 Å². The zero-order valence-electron chi connectivity index (χ0n) is 12.6. The molecule has 0 bridgehead atoms. The molecule has 0 aliphatic carbocycles. The van der Waals surface area contributed by atoms with Crippen molar-refractivity contribution in [3.63, 3.8) is 0 Å². The fourth-order valence-corrected chi connectivity index (χ4v) is 2.57. The van der Waals surface area contributed by atoms with Gasteiger partial charge in [0.2, 0.25) is 0 Å². The number of nitrogens with zero attached hydrogens (tertiary/aromatic N) is 1. The van der Waals surface area contributed by atoms with Gasteiger partial charge in [0.1, 0.15) is 0 Å². The average Bonchev–Trinajstić information content (AvgIpc) is 2.45. The number of ether oxygens (including phenoxy) is 1. The topological polar surface area (TPSA) is 44.7 Å². The third kappa shape index (κ3) is 6.25. The lowest BCUT2D eigenvalue weighted by Gasteiger charge is -2.35. The fraction of sp³-hybridized carbons (Fsp3) is 0.571. The van der Waals surface area contributed by atoms with Crippen molar-refractivity contribution in [3.05, 3.63) is 23.8 Å². The molecule has 0 unspecified atom stereocenters. The van der Waals surface area contributed by atoms with Crippen molar-refractivity contribution < 1.29 is 23.0 Å². The highest BCUT2D eigenvalue weighted by Gasteiger charge is 2.36. The quantitative estimate of drug-likeness (QED) is 0.847. The van der Waals surface area contributed by atoms with Crippen molar-refractivity contribution in [1.29, 1.82) is 0 Å². The molecule has 9 heteroatoms. The number of aromatic hydroxyl groups is 1. The predicted octanol–water partition coefficient (Wildman–Crippen LogP) is 3.14. The summed E-state index contributed by atoms with van der Waals surface area (Å²) in [5, 5.41) is 12.7. The first-order valence-corrected chi connectivity index (χ1v) is 6.79. The van der Waals surface area contributed by atoms with E-state index >= 15 is 0 Å². The van der Waals surface area contributed by atoms with Gasteiger partial charge in [-0.05, 0) is 17.7 Å². The number of methoxy groups -OCH3 is 1. The van der Waals surface area contributed by atoms with Crippen molar-refractivity contribution in [3.8, 4) is 11.5 Å². The van der Waals surface area contributed by atoms with E-state index in [1.807, 2.05) is 4.90 Å². The molecule has 1 fully saturated rings. The SMILES string of the molecule is COc1cc([C@@H](CC(F)(F)F)N2CCNCC2)ccc1O.Cl.Cl. The zero-order chi connectivity index (χ0) is 15.5. The van der Waals surface area contributed by atoms with E-state index in [-0.39, 0.29) is 36.3 Å². The van der Waals surface area contributed by atoms with Gasteiger partial charge < -0.3 is 15.2 Å². The minimum atomic E-state index is -4.25. The Labute approximate surface area is 145 Å². The number of halogens is 5. The first kappa shape index (κ1) is 22.1. The van der Waals surface area contributed by atoms with Crippen LogP contribution in [0.2, 0.25) is 0 Å². The largest absolute Gasteiger partial charge is 0.504 e. The van der Waals surface area contributed by atoms with Gasteiger partial charge in [0, 0.05) is 32.2 Å². The van der Waals surface area contributed by atoms with Crippen molar-refractivity contribution in [2.45, 2.75) is 18.6 Å². The number of alkyl halides is 3. The highest BCUT2D eigenvalue weighted by Crippen LogP contribution is 2.37. The highest BCUT2D eigenvalue weighted by atomic mass is 35.5. The van der Waals surface area contributed by atoms with Crippen LogP contribution in [-0.2, 0) is 0 Å².